The molecular formula is C12H23BrO2. The Morgan fingerprint density at radius 3 is 2.67 bits per heavy atom. The third kappa shape index (κ3) is 5.88. The molecule has 0 radical (unpaired) electrons. The minimum absolute atomic E-state index is 0.713. The Hall–Kier alpha value is 0.400. The Labute approximate surface area is 102 Å². The molecule has 1 fully saturated rings. The van der Waals surface area contributed by atoms with Crippen LogP contribution in [-0.4, -0.2) is 31.8 Å². The van der Waals surface area contributed by atoms with E-state index in [9.17, 15) is 0 Å². The van der Waals surface area contributed by atoms with E-state index in [1.807, 2.05) is 0 Å². The molecule has 3 heteroatoms. The van der Waals surface area contributed by atoms with Crippen LogP contribution in [0, 0.1) is 5.92 Å². The van der Waals surface area contributed by atoms with Gasteiger partial charge in [-0.1, -0.05) is 28.8 Å². The maximum atomic E-state index is 5.46. The first-order valence-electron chi connectivity index (χ1n) is 6.05. The molecule has 0 amide bonds. The summed E-state index contributed by atoms with van der Waals surface area (Å²) in [5.41, 5.74) is 0. The van der Waals surface area contributed by atoms with Crippen LogP contribution in [0.25, 0.3) is 0 Å². The number of halogens is 1. The second kappa shape index (κ2) is 8.54. The molecule has 15 heavy (non-hydrogen) atoms. The fourth-order valence-electron chi connectivity index (χ4n) is 2.18. The summed E-state index contributed by atoms with van der Waals surface area (Å²) < 4.78 is 10.4. The summed E-state index contributed by atoms with van der Waals surface area (Å²) in [7, 11) is 1.71. The zero-order valence-electron chi connectivity index (χ0n) is 9.71. The lowest BCUT2D eigenvalue weighted by Crippen LogP contribution is -2.19. The molecule has 0 N–H and O–H groups in total. The number of alkyl halides is 1. The van der Waals surface area contributed by atoms with Crippen LogP contribution >= 0.6 is 15.9 Å². The fourth-order valence-corrected chi connectivity index (χ4v) is 3.03. The largest absolute Gasteiger partial charge is 0.382 e. The highest BCUT2D eigenvalue weighted by molar-refractivity contribution is 9.09. The Morgan fingerprint density at radius 2 is 1.93 bits per heavy atom. The lowest BCUT2D eigenvalue weighted by atomic mass is 9.86. The lowest BCUT2D eigenvalue weighted by molar-refractivity contribution is 0.0666. The van der Waals surface area contributed by atoms with Crippen LogP contribution in [0.15, 0.2) is 0 Å². The van der Waals surface area contributed by atoms with Gasteiger partial charge in [-0.05, 0) is 31.6 Å². The zero-order valence-corrected chi connectivity index (χ0v) is 11.3. The van der Waals surface area contributed by atoms with Gasteiger partial charge in [0.25, 0.3) is 0 Å². The molecule has 0 aromatic heterocycles. The first-order valence-corrected chi connectivity index (χ1v) is 6.97. The van der Waals surface area contributed by atoms with Gasteiger partial charge >= 0.3 is 0 Å². The number of methoxy groups -OCH3 is 1. The van der Waals surface area contributed by atoms with E-state index in [4.69, 9.17) is 9.47 Å². The first kappa shape index (κ1) is 13.5. The van der Waals surface area contributed by atoms with Crippen molar-refractivity contribution in [1.82, 2.24) is 0 Å². The van der Waals surface area contributed by atoms with Gasteiger partial charge < -0.3 is 9.47 Å². The van der Waals surface area contributed by atoms with Crippen molar-refractivity contribution in [3.8, 4) is 0 Å². The average Bonchev–Trinajstić information content (AvgIpc) is 2.25. The highest BCUT2D eigenvalue weighted by atomic mass is 79.9. The van der Waals surface area contributed by atoms with Gasteiger partial charge in [0.2, 0.25) is 0 Å². The fraction of sp³-hybridized carbons (Fsp3) is 1.00. The topological polar surface area (TPSA) is 18.5 Å². The van der Waals surface area contributed by atoms with Crippen LogP contribution in [0.2, 0.25) is 0 Å². The summed E-state index contributed by atoms with van der Waals surface area (Å²) >= 11 is 3.79. The minimum Gasteiger partial charge on any atom is -0.382 e. The average molecular weight is 279 g/mol. The summed E-state index contributed by atoms with van der Waals surface area (Å²) in [4.78, 5) is 0.755. The molecule has 1 saturated carbocycles. The predicted octanol–water partition coefficient (Wildman–Crippen LogP) is 3.38. The maximum absolute atomic E-state index is 5.46. The lowest BCUT2D eigenvalue weighted by Gasteiger charge is -2.27. The quantitative estimate of drug-likeness (QED) is 0.525. The third-order valence-corrected chi connectivity index (χ3v) is 4.32. The van der Waals surface area contributed by atoms with Gasteiger partial charge in [-0.2, -0.15) is 0 Å². The van der Waals surface area contributed by atoms with Crippen molar-refractivity contribution < 1.29 is 9.47 Å². The molecule has 2 unspecified atom stereocenters. The van der Waals surface area contributed by atoms with Crippen molar-refractivity contribution in [2.75, 3.05) is 26.9 Å². The van der Waals surface area contributed by atoms with Crippen molar-refractivity contribution >= 4 is 15.9 Å². The zero-order chi connectivity index (χ0) is 10.9. The van der Waals surface area contributed by atoms with E-state index in [-0.39, 0.29) is 0 Å². The molecule has 0 bridgehead atoms. The molecule has 0 spiro atoms. The van der Waals surface area contributed by atoms with Gasteiger partial charge in [-0.3, -0.25) is 0 Å². The Morgan fingerprint density at radius 1 is 1.13 bits per heavy atom. The Bertz CT molecular complexity index is 153. The third-order valence-electron chi connectivity index (χ3n) is 3.11. The molecule has 0 aromatic carbocycles. The molecule has 1 aliphatic carbocycles. The summed E-state index contributed by atoms with van der Waals surface area (Å²) in [5, 5.41) is 0. The van der Waals surface area contributed by atoms with E-state index in [1.54, 1.807) is 7.11 Å². The van der Waals surface area contributed by atoms with Crippen LogP contribution in [0.5, 0.6) is 0 Å². The highest BCUT2D eigenvalue weighted by Gasteiger charge is 2.21. The standard InChI is InChI=1S/C12H23BrO2/c1-14-9-10-15-8-4-6-11-5-2-3-7-12(11)13/h11-12H,2-10H2,1H3. The second-order valence-corrected chi connectivity index (χ2v) is 5.48. The van der Waals surface area contributed by atoms with Gasteiger partial charge in [-0.25, -0.2) is 0 Å². The summed E-state index contributed by atoms with van der Waals surface area (Å²) in [6.45, 7) is 2.34. The van der Waals surface area contributed by atoms with Gasteiger partial charge in [0.15, 0.2) is 0 Å². The SMILES string of the molecule is COCCOCCCC1CCCCC1Br. The van der Waals surface area contributed by atoms with Crippen LogP contribution < -0.4 is 0 Å². The van der Waals surface area contributed by atoms with Crippen LogP contribution in [0.1, 0.15) is 38.5 Å². The molecule has 0 aliphatic heterocycles. The van der Waals surface area contributed by atoms with E-state index in [0.29, 0.717) is 6.61 Å². The molecule has 2 atom stereocenters. The molecule has 0 heterocycles. The number of rotatable bonds is 7. The Kier molecular flexibility index (Phi) is 7.67. The van der Waals surface area contributed by atoms with Crippen LogP contribution in [-0.2, 0) is 9.47 Å². The number of hydrogen-bond donors (Lipinski definition) is 0. The van der Waals surface area contributed by atoms with Crippen molar-refractivity contribution in [2.45, 2.75) is 43.4 Å². The van der Waals surface area contributed by atoms with E-state index >= 15 is 0 Å². The summed E-state index contributed by atoms with van der Waals surface area (Å²) in [6, 6.07) is 0. The molecule has 1 aliphatic rings. The molecular weight excluding hydrogens is 256 g/mol. The van der Waals surface area contributed by atoms with Gasteiger partial charge in [-0.15, -0.1) is 0 Å². The van der Waals surface area contributed by atoms with Gasteiger partial charge in [0.05, 0.1) is 13.2 Å². The maximum Gasteiger partial charge on any atom is 0.0700 e. The molecule has 1 rings (SSSR count). The van der Waals surface area contributed by atoms with E-state index in [0.717, 1.165) is 24.0 Å². The van der Waals surface area contributed by atoms with E-state index in [1.165, 1.54) is 38.5 Å². The monoisotopic (exact) mass is 278 g/mol. The number of hydrogen-bond acceptors (Lipinski definition) is 2. The van der Waals surface area contributed by atoms with Crippen LogP contribution in [0.4, 0.5) is 0 Å². The summed E-state index contributed by atoms with van der Waals surface area (Å²) in [6.07, 6.45) is 8.07. The highest BCUT2D eigenvalue weighted by Crippen LogP contribution is 2.32. The van der Waals surface area contributed by atoms with Crippen molar-refractivity contribution in [3.63, 3.8) is 0 Å². The second-order valence-electron chi connectivity index (χ2n) is 4.31. The van der Waals surface area contributed by atoms with E-state index < -0.39 is 0 Å². The summed E-state index contributed by atoms with van der Waals surface area (Å²) in [5.74, 6) is 0.879. The van der Waals surface area contributed by atoms with Crippen molar-refractivity contribution in [1.29, 1.82) is 0 Å². The number of ether oxygens (including phenoxy) is 2. The van der Waals surface area contributed by atoms with Gasteiger partial charge in [0.1, 0.15) is 0 Å². The normalized spacial score (nSPS) is 26.8. The Balaban J connectivity index is 1.94. The molecule has 90 valence electrons. The molecule has 2 nitrogen and oxygen atoms in total. The van der Waals surface area contributed by atoms with Crippen molar-refractivity contribution in [3.05, 3.63) is 0 Å². The molecule has 0 aromatic rings. The van der Waals surface area contributed by atoms with E-state index in [2.05, 4.69) is 15.9 Å². The van der Waals surface area contributed by atoms with Crippen molar-refractivity contribution in [2.24, 2.45) is 5.92 Å². The van der Waals surface area contributed by atoms with Crippen LogP contribution in [0.3, 0.4) is 0 Å². The predicted molar refractivity (Wildman–Crippen MR) is 66.6 cm³/mol. The molecule has 0 saturated heterocycles. The smallest absolute Gasteiger partial charge is 0.0700 e. The minimum atomic E-state index is 0.713. The van der Waals surface area contributed by atoms with Gasteiger partial charge in [0, 0.05) is 18.5 Å². The first-order chi connectivity index (χ1) is 7.34.